The van der Waals surface area contributed by atoms with Crippen molar-refractivity contribution in [2.24, 2.45) is 28.6 Å². The van der Waals surface area contributed by atoms with Crippen molar-refractivity contribution < 1.29 is 5.11 Å². The minimum atomic E-state index is -0.516. The molecule has 1 N–H and O–H groups in total. The number of rotatable bonds is 10. The van der Waals surface area contributed by atoms with Gasteiger partial charge in [0.25, 0.3) is 0 Å². The summed E-state index contributed by atoms with van der Waals surface area (Å²) in [5.41, 5.74) is 6.39. The molecule has 0 spiro atoms. The van der Waals surface area contributed by atoms with Gasteiger partial charge in [-0.1, -0.05) is 80.7 Å². The summed E-state index contributed by atoms with van der Waals surface area (Å²) in [6.45, 7) is 18.9. The van der Waals surface area contributed by atoms with Gasteiger partial charge in [0, 0.05) is 0 Å². The molecular formula is C35H58O. The van der Waals surface area contributed by atoms with Gasteiger partial charge in [-0.25, -0.2) is 0 Å². The van der Waals surface area contributed by atoms with E-state index in [9.17, 15) is 5.11 Å². The lowest BCUT2D eigenvalue weighted by atomic mass is 9.45. The minimum Gasteiger partial charge on any atom is -0.390 e. The van der Waals surface area contributed by atoms with Gasteiger partial charge in [-0.2, -0.15) is 0 Å². The van der Waals surface area contributed by atoms with E-state index >= 15 is 0 Å². The highest BCUT2D eigenvalue weighted by molar-refractivity contribution is 5.22. The Morgan fingerprint density at radius 3 is 2.36 bits per heavy atom. The fourth-order valence-corrected chi connectivity index (χ4v) is 8.31. The molecule has 3 aliphatic carbocycles. The van der Waals surface area contributed by atoms with Crippen LogP contribution >= 0.6 is 0 Å². The Balaban J connectivity index is 1.46. The first kappa shape index (κ1) is 29.5. The molecule has 3 rings (SSSR count). The van der Waals surface area contributed by atoms with Crippen LogP contribution in [0.2, 0.25) is 0 Å². The van der Waals surface area contributed by atoms with Crippen LogP contribution < -0.4 is 0 Å². The lowest BCUT2D eigenvalue weighted by Gasteiger charge is -2.61. The van der Waals surface area contributed by atoms with Gasteiger partial charge >= 0.3 is 0 Å². The van der Waals surface area contributed by atoms with E-state index in [0.29, 0.717) is 17.3 Å². The van der Waals surface area contributed by atoms with Gasteiger partial charge in [0.05, 0.1) is 5.60 Å². The maximum absolute atomic E-state index is 11.5. The molecule has 0 aromatic carbocycles. The van der Waals surface area contributed by atoms with Gasteiger partial charge in [-0.15, -0.1) is 0 Å². The smallest absolute Gasteiger partial charge is 0.0653 e. The number of allylic oxidation sites excluding steroid dienone is 8. The van der Waals surface area contributed by atoms with Crippen molar-refractivity contribution in [3.63, 3.8) is 0 Å². The second-order valence-electron chi connectivity index (χ2n) is 14.2. The lowest BCUT2D eigenvalue weighted by Crippen LogP contribution is -2.57. The van der Waals surface area contributed by atoms with Crippen molar-refractivity contribution in [2.45, 2.75) is 144 Å². The first-order chi connectivity index (χ1) is 16.8. The molecule has 0 aromatic rings. The number of aliphatic hydroxyl groups is 1. The van der Waals surface area contributed by atoms with Crippen molar-refractivity contribution in [3.8, 4) is 0 Å². The summed E-state index contributed by atoms with van der Waals surface area (Å²) in [4.78, 5) is 0. The van der Waals surface area contributed by atoms with E-state index in [0.717, 1.165) is 44.4 Å². The van der Waals surface area contributed by atoms with Crippen molar-refractivity contribution in [3.05, 3.63) is 46.6 Å². The second-order valence-corrected chi connectivity index (χ2v) is 14.2. The largest absolute Gasteiger partial charge is 0.390 e. The predicted octanol–water partition coefficient (Wildman–Crippen LogP) is 10.5. The van der Waals surface area contributed by atoms with Crippen molar-refractivity contribution in [2.75, 3.05) is 0 Å². The molecule has 0 heterocycles. The molecule has 2 fully saturated rings. The Morgan fingerprint density at radius 2 is 1.67 bits per heavy atom. The third-order valence-electron chi connectivity index (χ3n) is 10.7. The zero-order chi connectivity index (χ0) is 26.6. The molecule has 2 saturated carbocycles. The SMILES string of the molecule is CC1=CCC([C@H](C)CC/C=C(\C)CC/C=C(\C)CC[C@@H]2[C@@]3(C)CCCC(C)(C)[C@@H]3CC[C@@]2(C)O)=CC1. The zero-order valence-corrected chi connectivity index (χ0v) is 25.2. The average molecular weight is 495 g/mol. The van der Waals surface area contributed by atoms with Crippen LogP contribution in [-0.4, -0.2) is 10.7 Å². The van der Waals surface area contributed by atoms with Crippen LogP contribution in [-0.2, 0) is 0 Å². The van der Waals surface area contributed by atoms with Crippen molar-refractivity contribution in [1.29, 1.82) is 0 Å². The van der Waals surface area contributed by atoms with E-state index in [-0.39, 0.29) is 5.41 Å². The lowest BCUT2D eigenvalue weighted by molar-refractivity contribution is -0.168. The van der Waals surface area contributed by atoms with Crippen molar-refractivity contribution in [1.82, 2.24) is 0 Å². The molecule has 1 nitrogen and oxygen atoms in total. The number of fused-ring (bicyclic) bond motifs is 1. The van der Waals surface area contributed by atoms with Crippen LogP contribution in [0.15, 0.2) is 46.6 Å². The van der Waals surface area contributed by atoms with Crippen LogP contribution in [0, 0.1) is 28.6 Å². The first-order valence-corrected chi connectivity index (χ1v) is 15.2. The monoisotopic (exact) mass is 494 g/mol. The van der Waals surface area contributed by atoms with Gasteiger partial charge in [0.15, 0.2) is 0 Å². The molecule has 36 heavy (non-hydrogen) atoms. The Morgan fingerprint density at radius 1 is 0.972 bits per heavy atom. The van der Waals surface area contributed by atoms with Gasteiger partial charge in [-0.05, 0) is 133 Å². The molecule has 3 aliphatic rings. The molecule has 0 saturated heterocycles. The summed E-state index contributed by atoms with van der Waals surface area (Å²) in [6, 6.07) is 0. The summed E-state index contributed by atoms with van der Waals surface area (Å²) in [5.74, 6) is 1.86. The molecule has 5 atom stereocenters. The summed E-state index contributed by atoms with van der Waals surface area (Å²) >= 11 is 0. The predicted molar refractivity (Wildman–Crippen MR) is 158 cm³/mol. The maximum Gasteiger partial charge on any atom is 0.0653 e. The first-order valence-electron chi connectivity index (χ1n) is 15.2. The third kappa shape index (κ3) is 7.27. The van der Waals surface area contributed by atoms with E-state index in [1.165, 1.54) is 61.7 Å². The van der Waals surface area contributed by atoms with Crippen LogP contribution in [0.25, 0.3) is 0 Å². The quantitative estimate of drug-likeness (QED) is 0.299. The van der Waals surface area contributed by atoms with E-state index in [1.54, 1.807) is 5.57 Å². The minimum absolute atomic E-state index is 0.281. The standard InChI is InChI=1S/C35H58O/c1-26(14-10-15-29(4)30-19-16-28(3)17-20-30)12-9-13-27(2)18-21-32-34(7)24-11-23-33(5,6)31(34)22-25-35(32,8)36/h13-14,16,20,29,31-32,36H,9-12,15,17-19,21-25H2,1-8H3/b26-14+,27-13+/t29-,31+,32-,34+,35-/m1/s1. The molecule has 1 heteroatoms. The molecular weight excluding hydrogens is 436 g/mol. The average Bonchev–Trinajstić information content (AvgIpc) is 2.78. The molecule has 204 valence electrons. The zero-order valence-electron chi connectivity index (χ0n) is 25.2. The summed E-state index contributed by atoms with van der Waals surface area (Å²) < 4.78 is 0. The van der Waals surface area contributed by atoms with Gasteiger partial charge < -0.3 is 5.11 Å². The number of hydrogen-bond donors (Lipinski definition) is 1. The van der Waals surface area contributed by atoms with Crippen LogP contribution in [0.5, 0.6) is 0 Å². The second kappa shape index (κ2) is 12.2. The Bertz CT molecular complexity index is 863. The summed E-state index contributed by atoms with van der Waals surface area (Å²) in [5, 5.41) is 11.5. The molecule has 0 bridgehead atoms. The van der Waals surface area contributed by atoms with E-state index in [1.807, 2.05) is 0 Å². The fraction of sp³-hybridized carbons (Fsp3) is 0.771. The van der Waals surface area contributed by atoms with Crippen LogP contribution in [0.1, 0.15) is 139 Å². The number of hydrogen-bond acceptors (Lipinski definition) is 1. The Hall–Kier alpha value is -1.08. The highest BCUT2D eigenvalue weighted by atomic mass is 16.3. The van der Waals surface area contributed by atoms with Crippen molar-refractivity contribution >= 4 is 0 Å². The summed E-state index contributed by atoms with van der Waals surface area (Å²) in [6.07, 6.45) is 25.3. The highest BCUT2D eigenvalue weighted by Gasteiger charge is 2.57. The molecule has 0 amide bonds. The van der Waals surface area contributed by atoms with Crippen LogP contribution in [0.4, 0.5) is 0 Å². The highest BCUT2D eigenvalue weighted by Crippen LogP contribution is 2.63. The van der Waals surface area contributed by atoms with E-state index < -0.39 is 5.60 Å². The topological polar surface area (TPSA) is 20.2 Å². The third-order valence-corrected chi connectivity index (χ3v) is 10.7. The molecule has 0 unspecified atom stereocenters. The van der Waals surface area contributed by atoms with E-state index in [4.69, 9.17) is 0 Å². The fourth-order valence-electron chi connectivity index (χ4n) is 8.31. The molecule has 0 aliphatic heterocycles. The van der Waals surface area contributed by atoms with Gasteiger partial charge in [0.2, 0.25) is 0 Å². The summed E-state index contributed by atoms with van der Waals surface area (Å²) in [7, 11) is 0. The van der Waals surface area contributed by atoms with Gasteiger partial charge in [0.1, 0.15) is 0 Å². The van der Waals surface area contributed by atoms with Gasteiger partial charge in [-0.3, -0.25) is 0 Å². The Labute approximate surface area is 224 Å². The van der Waals surface area contributed by atoms with Crippen LogP contribution in [0.3, 0.4) is 0 Å². The maximum atomic E-state index is 11.5. The normalized spacial score (nSPS) is 34.0. The molecule has 0 radical (unpaired) electrons. The molecule has 0 aromatic heterocycles. The van der Waals surface area contributed by atoms with E-state index in [2.05, 4.69) is 79.7 Å². The Kier molecular flexibility index (Phi) is 9.98.